The molecule has 1 aromatic carbocycles. The number of esters is 2. The fraction of sp³-hybridized carbons (Fsp3) is 0.214. The summed E-state index contributed by atoms with van der Waals surface area (Å²) in [6, 6.07) is 6.18. The van der Waals surface area contributed by atoms with E-state index in [1.165, 1.54) is 18.2 Å². The van der Waals surface area contributed by atoms with Gasteiger partial charge in [-0.25, -0.2) is 4.79 Å². The van der Waals surface area contributed by atoms with Gasteiger partial charge in [-0.15, -0.1) is 0 Å². The van der Waals surface area contributed by atoms with Crippen LogP contribution >= 0.6 is 11.6 Å². The van der Waals surface area contributed by atoms with Crippen molar-refractivity contribution in [2.45, 2.75) is 6.10 Å². The third kappa shape index (κ3) is 2.62. The Balaban J connectivity index is 1.78. The van der Waals surface area contributed by atoms with Gasteiger partial charge >= 0.3 is 11.9 Å². The van der Waals surface area contributed by atoms with Crippen LogP contribution in [0.4, 0.5) is 0 Å². The number of hydrogen-bond donors (Lipinski definition) is 1. The van der Waals surface area contributed by atoms with Gasteiger partial charge < -0.3 is 14.8 Å². The molecule has 1 aromatic rings. The smallest absolute Gasteiger partial charge is 0.354 e. The van der Waals surface area contributed by atoms with Crippen molar-refractivity contribution in [1.82, 2.24) is 5.32 Å². The fourth-order valence-electron chi connectivity index (χ4n) is 2.14. The highest BCUT2D eigenvalue weighted by molar-refractivity contribution is 6.30. The van der Waals surface area contributed by atoms with Crippen LogP contribution in [0.1, 0.15) is 10.4 Å². The number of hydrogen-bond acceptors (Lipinski definition) is 5. The topological polar surface area (TPSA) is 81.7 Å². The number of carbonyl (C=O) groups is 3. The molecule has 108 valence electrons. The Bertz CT molecular complexity index is 652. The first-order valence-corrected chi connectivity index (χ1v) is 6.59. The molecule has 2 heterocycles. The normalized spacial score (nSPS) is 23.8. The summed E-state index contributed by atoms with van der Waals surface area (Å²) in [4.78, 5) is 35.3. The van der Waals surface area contributed by atoms with Crippen LogP contribution in [0.3, 0.4) is 0 Å². The third-order valence-corrected chi connectivity index (χ3v) is 3.49. The molecular weight excluding hydrogens is 298 g/mol. The number of ether oxygens (including phenoxy) is 2. The Morgan fingerprint density at radius 1 is 1.24 bits per heavy atom. The van der Waals surface area contributed by atoms with Crippen LogP contribution in [0.15, 0.2) is 36.0 Å². The van der Waals surface area contributed by atoms with Crippen molar-refractivity contribution in [3.8, 4) is 0 Å². The molecule has 1 amide bonds. The second-order valence-corrected chi connectivity index (χ2v) is 5.08. The lowest BCUT2D eigenvalue weighted by atomic mass is 10.0. The van der Waals surface area contributed by atoms with Crippen LogP contribution in [0.25, 0.3) is 0 Å². The predicted molar refractivity (Wildman–Crippen MR) is 71.3 cm³/mol. The zero-order valence-electron chi connectivity index (χ0n) is 10.7. The first-order valence-electron chi connectivity index (χ1n) is 6.21. The minimum Gasteiger partial charge on any atom is -0.461 e. The van der Waals surface area contributed by atoms with E-state index in [9.17, 15) is 14.4 Å². The number of benzene rings is 1. The Morgan fingerprint density at radius 2 is 1.95 bits per heavy atom. The summed E-state index contributed by atoms with van der Waals surface area (Å²) in [5.41, 5.74) is 0.277. The molecule has 3 rings (SSSR count). The molecule has 0 spiro atoms. The predicted octanol–water partition coefficient (Wildman–Crippen LogP) is 1.05. The summed E-state index contributed by atoms with van der Waals surface area (Å²) < 4.78 is 9.87. The number of rotatable bonds is 2. The van der Waals surface area contributed by atoms with Gasteiger partial charge in [0.2, 0.25) is 0 Å². The highest BCUT2D eigenvalue weighted by Crippen LogP contribution is 2.26. The van der Waals surface area contributed by atoms with Crippen LogP contribution in [0.5, 0.6) is 0 Å². The summed E-state index contributed by atoms with van der Waals surface area (Å²) in [7, 11) is 0. The molecule has 1 N–H and O–H groups in total. The third-order valence-electron chi connectivity index (χ3n) is 3.24. The fourth-order valence-corrected chi connectivity index (χ4v) is 2.26. The zero-order valence-corrected chi connectivity index (χ0v) is 11.4. The van der Waals surface area contributed by atoms with Crippen LogP contribution < -0.4 is 5.32 Å². The molecule has 2 aliphatic heterocycles. The second-order valence-electron chi connectivity index (χ2n) is 4.64. The van der Waals surface area contributed by atoms with Gasteiger partial charge in [0.15, 0.2) is 6.10 Å². The molecule has 0 unspecified atom stereocenters. The molecule has 0 bridgehead atoms. The molecule has 1 fully saturated rings. The van der Waals surface area contributed by atoms with Gasteiger partial charge in [0.1, 0.15) is 18.2 Å². The largest absolute Gasteiger partial charge is 0.461 e. The van der Waals surface area contributed by atoms with Crippen molar-refractivity contribution >= 4 is 29.4 Å². The van der Waals surface area contributed by atoms with Gasteiger partial charge in [-0.1, -0.05) is 11.6 Å². The number of halogens is 1. The monoisotopic (exact) mass is 307 g/mol. The maximum atomic E-state index is 12.0. The minimum atomic E-state index is -0.683. The number of nitrogens with one attached hydrogen (secondary N) is 1. The van der Waals surface area contributed by atoms with Crippen molar-refractivity contribution in [2.75, 3.05) is 6.61 Å². The van der Waals surface area contributed by atoms with E-state index >= 15 is 0 Å². The molecule has 21 heavy (non-hydrogen) atoms. The maximum absolute atomic E-state index is 12.0. The van der Waals surface area contributed by atoms with Crippen LogP contribution in [0, 0.1) is 5.92 Å². The molecule has 0 saturated carbocycles. The average Bonchev–Trinajstić information content (AvgIpc) is 2.81. The summed E-state index contributed by atoms with van der Waals surface area (Å²) in [5.74, 6) is -2.30. The van der Waals surface area contributed by atoms with E-state index in [0.717, 1.165) is 0 Å². The first kappa shape index (κ1) is 13.6. The SMILES string of the molecule is O=C1O[C@@H]2COC(=O)[C@H]2C=C1NC(=O)c1ccc(Cl)cc1. The van der Waals surface area contributed by atoms with Gasteiger partial charge in [0.25, 0.3) is 5.91 Å². The van der Waals surface area contributed by atoms with E-state index in [-0.39, 0.29) is 12.3 Å². The Labute approximate surface area is 124 Å². The van der Waals surface area contributed by atoms with Crippen LogP contribution in [-0.2, 0) is 19.1 Å². The standard InChI is InChI=1S/C14H10ClNO5/c15-8-3-1-7(2-4-8)12(17)16-10-5-9-11(21-14(10)19)6-20-13(9)18/h1-5,9,11H,6H2,(H,16,17)/t9-,11+/m0/s1. The van der Waals surface area contributed by atoms with E-state index < -0.39 is 29.9 Å². The summed E-state index contributed by atoms with van der Waals surface area (Å²) >= 11 is 5.74. The van der Waals surface area contributed by atoms with Gasteiger partial charge in [0, 0.05) is 10.6 Å². The Hall–Kier alpha value is -2.34. The van der Waals surface area contributed by atoms with Crippen LogP contribution in [-0.4, -0.2) is 30.6 Å². The average molecular weight is 308 g/mol. The second kappa shape index (κ2) is 5.21. The van der Waals surface area contributed by atoms with E-state index in [1.54, 1.807) is 12.1 Å². The molecule has 0 radical (unpaired) electrons. The maximum Gasteiger partial charge on any atom is 0.354 e. The number of cyclic esters (lactones) is 1. The molecule has 6 nitrogen and oxygen atoms in total. The lowest BCUT2D eigenvalue weighted by Gasteiger charge is -2.21. The van der Waals surface area contributed by atoms with Crippen molar-refractivity contribution in [2.24, 2.45) is 5.92 Å². The molecule has 0 aliphatic carbocycles. The summed E-state index contributed by atoms with van der Waals surface area (Å²) in [5, 5.41) is 2.93. The van der Waals surface area contributed by atoms with E-state index in [2.05, 4.69) is 5.32 Å². The molecule has 7 heteroatoms. The highest BCUT2D eigenvalue weighted by atomic mass is 35.5. The number of carbonyl (C=O) groups excluding carboxylic acids is 3. The molecule has 0 aromatic heterocycles. The van der Waals surface area contributed by atoms with Gasteiger partial charge in [-0.05, 0) is 30.3 Å². The van der Waals surface area contributed by atoms with Crippen LogP contribution in [0.2, 0.25) is 5.02 Å². The Kier molecular flexibility index (Phi) is 3.39. The van der Waals surface area contributed by atoms with E-state index in [4.69, 9.17) is 21.1 Å². The molecule has 2 atom stereocenters. The van der Waals surface area contributed by atoms with E-state index in [1.807, 2.05) is 0 Å². The number of fused-ring (bicyclic) bond motifs is 1. The van der Waals surface area contributed by atoms with E-state index in [0.29, 0.717) is 10.6 Å². The first-order chi connectivity index (χ1) is 10.0. The number of amides is 1. The molecule has 1 saturated heterocycles. The molecular formula is C14H10ClNO5. The minimum absolute atomic E-state index is 0.0458. The molecule has 2 aliphatic rings. The lowest BCUT2D eigenvalue weighted by molar-refractivity contribution is -0.147. The Morgan fingerprint density at radius 3 is 2.67 bits per heavy atom. The lowest BCUT2D eigenvalue weighted by Crippen LogP contribution is -2.38. The quantitative estimate of drug-likeness (QED) is 0.826. The van der Waals surface area contributed by atoms with Gasteiger partial charge in [0.05, 0.1) is 0 Å². The van der Waals surface area contributed by atoms with Crippen molar-refractivity contribution in [3.63, 3.8) is 0 Å². The van der Waals surface area contributed by atoms with Gasteiger partial charge in [-0.3, -0.25) is 9.59 Å². The summed E-state index contributed by atoms with van der Waals surface area (Å²) in [6.07, 6.45) is 0.765. The van der Waals surface area contributed by atoms with Crippen molar-refractivity contribution in [1.29, 1.82) is 0 Å². The van der Waals surface area contributed by atoms with Gasteiger partial charge in [-0.2, -0.15) is 0 Å². The summed E-state index contributed by atoms with van der Waals surface area (Å²) in [6.45, 7) is 0.0458. The van der Waals surface area contributed by atoms with Crippen molar-refractivity contribution < 1.29 is 23.9 Å². The zero-order chi connectivity index (χ0) is 15.0. The highest BCUT2D eigenvalue weighted by Gasteiger charge is 2.42. The van der Waals surface area contributed by atoms with Crippen molar-refractivity contribution in [3.05, 3.63) is 46.6 Å².